The van der Waals surface area contributed by atoms with Crippen molar-refractivity contribution in [2.24, 2.45) is 11.8 Å². The van der Waals surface area contributed by atoms with Gasteiger partial charge in [0.15, 0.2) is 5.82 Å². The van der Waals surface area contributed by atoms with Gasteiger partial charge in [-0.2, -0.15) is 4.98 Å². The summed E-state index contributed by atoms with van der Waals surface area (Å²) in [7, 11) is 0. The summed E-state index contributed by atoms with van der Waals surface area (Å²) in [4.78, 5) is 4.38. The maximum atomic E-state index is 13.3. The largest absolute Gasteiger partial charge is 0.507 e. The molecule has 0 spiro atoms. The average Bonchev–Trinajstić information content (AvgIpc) is 3.15. The Morgan fingerprint density at radius 1 is 1.25 bits per heavy atom. The molecule has 20 heavy (non-hydrogen) atoms. The summed E-state index contributed by atoms with van der Waals surface area (Å²) in [5.74, 6) is 2.24. The van der Waals surface area contributed by atoms with Crippen molar-refractivity contribution in [1.29, 1.82) is 0 Å². The second-order valence-electron chi connectivity index (χ2n) is 5.90. The Bertz CT molecular complexity index is 655. The van der Waals surface area contributed by atoms with E-state index in [2.05, 4.69) is 10.1 Å². The van der Waals surface area contributed by atoms with Crippen molar-refractivity contribution in [3.8, 4) is 17.2 Å². The van der Waals surface area contributed by atoms with E-state index in [0.29, 0.717) is 17.7 Å². The molecule has 2 fully saturated rings. The summed E-state index contributed by atoms with van der Waals surface area (Å²) >= 11 is 0. The van der Waals surface area contributed by atoms with Crippen LogP contribution in [0.1, 0.15) is 37.4 Å². The minimum absolute atomic E-state index is 0.0467. The Morgan fingerprint density at radius 3 is 2.90 bits per heavy atom. The molecule has 0 amide bonds. The van der Waals surface area contributed by atoms with Crippen LogP contribution < -0.4 is 0 Å². The van der Waals surface area contributed by atoms with Gasteiger partial charge in [-0.25, -0.2) is 4.39 Å². The zero-order valence-electron chi connectivity index (χ0n) is 10.9. The summed E-state index contributed by atoms with van der Waals surface area (Å²) in [5, 5.41) is 13.8. The minimum atomic E-state index is -0.433. The van der Waals surface area contributed by atoms with Crippen molar-refractivity contribution in [1.82, 2.24) is 10.1 Å². The molecule has 2 bridgehead atoms. The van der Waals surface area contributed by atoms with E-state index in [1.807, 2.05) is 0 Å². The van der Waals surface area contributed by atoms with Crippen LogP contribution in [-0.4, -0.2) is 15.2 Å². The molecular formula is C15H15FN2O2. The number of aromatic hydroxyl groups is 1. The van der Waals surface area contributed by atoms with Crippen LogP contribution in [0.3, 0.4) is 0 Å². The van der Waals surface area contributed by atoms with E-state index < -0.39 is 5.82 Å². The van der Waals surface area contributed by atoms with Crippen molar-refractivity contribution >= 4 is 0 Å². The fourth-order valence-electron chi connectivity index (χ4n) is 3.74. The highest BCUT2D eigenvalue weighted by molar-refractivity contribution is 5.61. The number of hydrogen-bond donors (Lipinski definition) is 1. The third-order valence-electron chi connectivity index (χ3n) is 4.70. The number of phenols is 1. The molecule has 0 aliphatic heterocycles. The van der Waals surface area contributed by atoms with Crippen molar-refractivity contribution in [2.75, 3.05) is 0 Å². The van der Waals surface area contributed by atoms with Crippen LogP contribution in [0.25, 0.3) is 11.5 Å². The Labute approximate surface area is 115 Å². The molecular weight excluding hydrogens is 259 g/mol. The Hall–Kier alpha value is -1.91. The van der Waals surface area contributed by atoms with E-state index >= 15 is 0 Å². The predicted molar refractivity (Wildman–Crippen MR) is 69.5 cm³/mol. The minimum Gasteiger partial charge on any atom is -0.507 e. The van der Waals surface area contributed by atoms with Gasteiger partial charge in [0, 0.05) is 5.92 Å². The van der Waals surface area contributed by atoms with Gasteiger partial charge >= 0.3 is 0 Å². The van der Waals surface area contributed by atoms with Crippen LogP contribution in [0.15, 0.2) is 22.7 Å². The molecule has 0 radical (unpaired) electrons. The number of nitrogens with zero attached hydrogens (tertiary/aromatic N) is 2. The van der Waals surface area contributed by atoms with Gasteiger partial charge in [0.1, 0.15) is 11.6 Å². The van der Waals surface area contributed by atoms with Crippen LogP contribution in [-0.2, 0) is 0 Å². The van der Waals surface area contributed by atoms with Gasteiger partial charge in [0.2, 0.25) is 0 Å². The van der Waals surface area contributed by atoms with E-state index in [1.54, 1.807) is 0 Å². The van der Waals surface area contributed by atoms with E-state index in [4.69, 9.17) is 4.52 Å². The maximum absolute atomic E-state index is 13.3. The van der Waals surface area contributed by atoms with E-state index in [1.165, 1.54) is 37.5 Å². The highest BCUT2D eigenvalue weighted by Gasteiger charge is 2.42. The van der Waals surface area contributed by atoms with Gasteiger partial charge in [0.25, 0.3) is 5.89 Å². The van der Waals surface area contributed by atoms with Gasteiger partial charge < -0.3 is 9.63 Å². The topological polar surface area (TPSA) is 59.2 Å². The molecule has 3 atom stereocenters. The average molecular weight is 274 g/mol. The summed E-state index contributed by atoms with van der Waals surface area (Å²) in [6.45, 7) is 0. The molecule has 4 nitrogen and oxygen atoms in total. The predicted octanol–water partition coefficient (Wildman–Crippen LogP) is 3.48. The summed E-state index contributed by atoms with van der Waals surface area (Å²) < 4.78 is 18.5. The number of hydrogen-bond acceptors (Lipinski definition) is 4. The molecule has 5 heteroatoms. The van der Waals surface area contributed by atoms with Crippen molar-refractivity contribution < 1.29 is 14.0 Å². The fraction of sp³-hybridized carbons (Fsp3) is 0.467. The van der Waals surface area contributed by atoms with Gasteiger partial charge in [-0.3, -0.25) is 0 Å². The van der Waals surface area contributed by atoms with E-state index in [0.717, 1.165) is 12.3 Å². The number of fused-ring (bicyclic) bond motifs is 2. The monoisotopic (exact) mass is 274 g/mol. The Morgan fingerprint density at radius 2 is 2.15 bits per heavy atom. The van der Waals surface area contributed by atoms with Crippen molar-refractivity contribution in [3.63, 3.8) is 0 Å². The lowest BCUT2D eigenvalue weighted by Gasteiger charge is -2.17. The molecule has 3 unspecified atom stereocenters. The first-order valence-electron chi connectivity index (χ1n) is 7.03. The highest BCUT2D eigenvalue weighted by atomic mass is 19.1. The molecule has 104 valence electrons. The first kappa shape index (κ1) is 11.9. The first-order chi connectivity index (χ1) is 9.70. The summed E-state index contributed by atoms with van der Waals surface area (Å²) in [5.41, 5.74) is 0.256. The molecule has 1 heterocycles. The van der Waals surface area contributed by atoms with Crippen molar-refractivity contribution in [3.05, 3.63) is 29.8 Å². The molecule has 1 aromatic heterocycles. The zero-order valence-corrected chi connectivity index (χ0v) is 10.9. The van der Waals surface area contributed by atoms with Crippen LogP contribution in [0.5, 0.6) is 5.75 Å². The zero-order chi connectivity index (χ0) is 13.7. The number of benzene rings is 1. The third kappa shape index (κ3) is 1.80. The number of rotatable bonds is 2. The van der Waals surface area contributed by atoms with E-state index in [-0.39, 0.29) is 17.2 Å². The molecule has 1 aromatic carbocycles. The van der Waals surface area contributed by atoms with Gasteiger partial charge in [0.05, 0.1) is 5.56 Å². The van der Waals surface area contributed by atoms with Crippen LogP contribution in [0, 0.1) is 17.7 Å². The molecule has 2 aromatic rings. The molecule has 2 aliphatic carbocycles. The van der Waals surface area contributed by atoms with Gasteiger partial charge in [-0.15, -0.1) is 0 Å². The summed E-state index contributed by atoms with van der Waals surface area (Å²) in [6.07, 6.45) is 4.94. The standard InChI is InChI=1S/C15H15FN2O2/c16-10-3-4-13(19)12(7-10)15-17-14(18-20-15)11-6-8-1-2-9(11)5-8/h3-4,7-9,11,19H,1-2,5-6H2. The quantitative estimate of drug-likeness (QED) is 0.910. The van der Waals surface area contributed by atoms with Gasteiger partial charge in [-0.1, -0.05) is 11.6 Å². The fourth-order valence-corrected chi connectivity index (χ4v) is 3.74. The van der Waals surface area contributed by atoms with Crippen molar-refractivity contribution in [2.45, 2.75) is 31.6 Å². The smallest absolute Gasteiger partial charge is 0.261 e. The third-order valence-corrected chi connectivity index (χ3v) is 4.70. The van der Waals surface area contributed by atoms with Crippen LogP contribution >= 0.6 is 0 Å². The number of aromatic nitrogens is 2. The molecule has 0 saturated heterocycles. The van der Waals surface area contributed by atoms with Gasteiger partial charge in [-0.05, 0) is 49.3 Å². The Kier molecular flexibility index (Phi) is 2.55. The molecule has 2 aliphatic rings. The molecule has 1 N–H and O–H groups in total. The first-order valence-corrected chi connectivity index (χ1v) is 7.03. The molecule has 4 rings (SSSR count). The second-order valence-corrected chi connectivity index (χ2v) is 5.90. The lowest BCUT2D eigenvalue weighted by Crippen LogP contribution is -2.09. The number of halogens is 1. The normalized spacial score (nSPS) is 28.1. The SMILES string of the molecule is Oc1ccc(F)cc1-c1nc(C2CC3CCC2C3)no1. The lowest BCUT2D eigenvalue weighted by molar-refractivity contribution is 0.371. The summed E-state index contributed by atoms with van der Waals surface area (Å²) in [6, 6.07) is 3.71. The lowest BCUT2D eigenvalue weighted by atomic mass is 9.88. The Balaban J connectivity index is 1.66. The van der Waals surface area contributed by atoms with Crippen LogP contribution in [0.2, 0.25) is 0 Å². The number of phenolic OH excluding ortho intramolecular Hbond substituents is 1. The van der Waals surface area contributed by atoms with Crippen LogP contribution in [0.4, 0.5) is 4.39 Å². The highest BCUT2D eigenvalue weighted by Crippen LogP contribution is 2.52. The van der Waals surface area contributed by atoms with E-state index in [9.17, 15) is 9.50 Å². The molecule has 2 saturated carbocycles. The maximum Gasteiger partial charge on any atom is 0.261 e. The second kappa shape index (κ2) is 4.30.